The summed E-state index contributed by atoms with van der Waals surface area (Å²) in [4.78, 5) is 21.6. The molecule has 0 saturated carbocycles. The van der Waals surface area contributed by atoms with Crippen LogP contribution in [0.3, 0.4) is 0 Å². The lowest BCUT2D eigenvalue weighted by molar-refractivity contribution is -0.153. The van der Waals surface area contributed by atoms with Crippen LogP contribution in [0, 0.1) is 0 Å². The first kappa shape index (κ1) is 13.9. The van der Waals surface area contributed by atoms with Crippen molar-refractivity contribution in [1.82, 2.24) is 4.31 Å². The third-order valence-electron chi connectivity index (χ3n) is 2.23. The van der Waals surface area contributed by atoms with Gasteiger partial charge in [-0.2, -0.15) is 4.31 Å². The number of nitrogens with zero attached hydrogens (tertiary/aromatic N) is 1. The molecular formula is C8H13NO7S. The molecule has 0 aromatic carbocycles. The molecular weight excluding hydrogens is 254 g/mol. The Hall–Kier alpha value is -1.19. The second kappa shape index (κ2) is 5.43. The molecule has 0 aromatic heterocycles. The molecule has 0 amide bonds. The maximum Gasteiger partial charge on any atom is 0.334 e. The summed E-state index contributed by atoms with van der Waals surface area (Å²) in [5.74, 6) is -2.91. The number of morpholine rings is 1. The molecule has 1 rings (SSSR count). The van der Waals surface area contributed by atoms with Gasteiger partial charge in [-0.05, 0) is 0 Å². The van der Waals surface area contributed by atoms with Crippen molar-refractivity contribution in [2.24, 2.45) is 0 Å². The minimum Gasteiger partial charge on any atom is -0.479 e. The number of carbonyl (C=O) groups excluding carboxylic acids is 1. The molecule has 1 unspecified atom stereocenters. The summed E-state index contributed by atoms with van der Waals surface area (Å²) in [6.07, 6.45) is -1.20. The normalized spacial score (nSPS) is 22.1. The molecule has 1 aliphatic heterocycles. The Balaban J connectivity index is 2.71. The predicted molar refractivity (Wildman–Crippen MR) is 54.8 cm³/mol. The number of aliphatic carboxylic acids is 1. The van der Waals surface area contributed by atoms with Crippen LogP contribution in [0.15, 0.2) is 0 Å². The van der Waals surface area contributed by atoms with Crippen molar-refractivity contribution < 1.29 is 32.6 Å². The van der Waals surface area contributed by atoms with Gasteiger partial charge in [-0.15, -0.1) is 0 Å². The summed E-state index contributed by atoms with van der Waals surface area (Å²) < 4.78 is 33.5. The quantitative estimate of drug-likeness (QED) is 0.603. The van der Waals surface area contributed by atoms with Gasteiger partial charge in [0, 0.05) is 6.54 Å². The molecule has 1 aliphatic rings. The van der Waals surface area contributed by atoms with E-state index in [1.165, 1.54) is 0 Å². The van der Waals surface area contributed by atoms with E-state index in [0.29, 0.717) is 0 Å². The highest BCUT2D eigenvalue weighted by Crippen LogP contribution is 2.11. The van der Waals surface area contributed by atoms with Crippen LogP contribution in [0.4, 0.5) is 0 Å². The van der Waals surface area contributed by atoms with Gasteiger partial charge < -0.3 is 14.6 Å². The lowest BCUT2D eigenvalue weighted by Crippen LogP contribution is -2.49. The third-order valence-corrected chi connectivity index (χ3v) is 3.94. The molecule has 9 heteroatoms. The standard InChI is InChI=1S/C8H13NO7S/c1-15-7(10)5-17(13,14)9-2-3-16-6(4-9)8(11)12/h6H,2-5H2,1H3,(H,11,12). The second-order valence-electron chi connectivity index (χ2n) is 3.39. The van der Waals surface area contributed by atoms with E-state index in [1.54, 1.807) is 0 Å². The summed E-state index contributed by atoms with van der Waals surface area (Å²) in [5.41, 5.74) is 0. The molecule has 0 radical (unpaired) electrons. The van der Waals surface area contributed by atoms with E-state index in [2.05, 4.69) is 4.74 Å². The second-order valence-corrected chi connectivity index (χ2v) is 5.36. The number of carbonyl (C=O) groups is 2. The van der Waals surface area contributed by atoms with Gasteiger partial charge in [-0.3, -0.25) is 4.79 Å². The maximum absolute atomic E-state index is 11.7. The van der Waals surface area contributed by atoms with Crippen molar-refractivity contribution in [2.45, 2.75) is 6.10 Å². The molecule has 1 N–H and O–H groups in total. The van der Waals surface area contributed by atoms with E-state index in [1.807, 2.05) is 0 Å². The van der Waals surface area contributed by atoms with Crippen molar-refractivity contribution in [3.8, 4) is 0 Å². The predicted octanol–water partition coefficient (Wildman–Crippen LogP) is -1.73. The molecule has 0 aliphatic carbocycles. The maximum atomic E-state index is 11.7. The van der Waals surface area contributed by atoms with Gasteiger partial charge in [0.1, 0.15) is 0 Å². The van der Waals surface area contributed by atoms with E-state index < -0.39 is 33.8 Å². The van der Waals surface area contributed by atoms with Gasteiger partial charge in [0.15, 0.2) is 11.9 Å². The number of carboxylic acid groups (broad SMARTS) is 1. The molecule has 1 atom stereocenters. The van der Waals surface area contributed by atoms with Gasteiger partial charge in [0.2, 0.25) is 10.0 Å². The van der Waals surface area contributed by atoms with Crippen LogP contribution >= 0.6 is 0 Å². The molecule has 1 heterocycles. The molecule has 1 saturated heterocycles. The summed E-state index contributed by atoms with van der Waals surface area (Å²) in [7, 11) is -2.77. The molecule has 0 spiro atoms. The van der Waals surface area contributed by atoms with Gasteiger partial charge in [0.05, 0.1) is 20.3 Å². The summed E-state index contributed by atoms with van der Waals surface area (Å²) >= 11 is 0. The topological polar surface area (TPSA) is 110 Å². The summed E-state index contributed by atoms with van der Waals surface area (Å²) in [6, 6.07) is 0. The van der Waals surface area contributed by atoms with Crippen LogP contribution in [0.2, 0.25) is 0 Å². The Morgan fingerprint density at radius 3 is 2.71 bits per heavy atom. The SMILES string of the molecule is COC(=O)CS(=O)(=O)N1CCOC(C(=O)O)C1. The van der Waals surface area contributed by atoms with Gasteiger partial charge >= 0.3 is 11.9 Å². The number of hydrogen-bond acceptors (Lipinski definition) is 6. The Morgan fingerprint density at radius 1 is 1.53 bits per heavy atom. The van der Waals surface area contributed by atoms with Gasteiger partial charge in [-0.1, -0.05) is 0 Å². The van der Waals surface area contributed by atoms with Crippen LogP contribution < -0.4 is 0 Å². The molecule has 17 heavy (non-hydrogen) atoms. The zero-order chi connectivity index (χ0) is 13.1. The number of sulfonamides is 1. The van der Waals surface area contributed by atoms with Crippen LogP contribution in [0.5, 0.6) is 0 Å². The fourth-order valence-corrected chi connectivity index (χ4v) is 2.64. The lowest BCUT2D eigenvalue weighted by Gasteiger charge is -2.29. The number of esters is 1. The Bertz CT molecular complexity index is 404. The zero-order valence-electron chi connectivity index (χ0n) is 9.16. The first-order chi connectivity index (χ1) is 7.86. The molecule has 1 fully saturated rings. The van der Waals surface area contributed by atoms with Crippen LogP contribution in [-0.4, -0.2) is 68.4 Å². The van der Waals surface area contributed by atoms with E-state index in [9.17, 15) is 18.0 Å². The van der Waals surface area contributed by atoms with Crippen LogP contribution in [0.25, 0.3) is 0 Å². The number of hydrogen-bond donors (Lipinski definition) is 1. The zero-order valence-corrected chi connectivity index (χ0v) is 9.97. The highest BCUT2D eigenvalue weighted by molar-refractivity contribution is 7.89. The van der Waals surface area contributed by atoms with E-state index in [0.717, 1.165) is 11.4 Å². The Labute approximate surface area is 98.2 Å². The average molecular weight is 267 g/mol. The monoisotopic (exact) mass is 267 g/mol. The fraction of sp³-hybridized carbons (Fsp3) is 0.750. The third kappa shape index (κ3) is 3.65. The number of carboxylic acids is 1. The molecule has 8 nitrogen and oxygen atoms in total. The van der Waals surface area contributed by atoms with E-state index in [-0.39, 0.29) is 19.7 Å². The summed E-state index contributed by atoms with van der Waals surface area (Å²) in [6.45, 7) is -0.283. The largest absolute Gasteiger partial charge is 0.479 e. The number of rotatable bonds is 4. The Kier molecular flexibility index (Phi) is 4.43. The van der Waals surface area contributed by atoms with E-state index >= 15 is 0 Å². The minimum atomic E-state index is -3.85. The smallest absolute Gasteiger partial charge is 0.334 e. The van der Waals surface area contributed by atoms with Crippen molar-refractivity contribution >= 4 is 22.0 Å². The number of methoxy groups -OCH3 is 1. The minimum absolute atomic E-state index is 0.0165. The van der Waals surface area contributed by atoms with E-state index in [4.69, 9.17) is 9.84 Å². The number of ether oxygens (including phenoxy) is 2. The molecule has 98 valence electrons. The molecule has 0 aromatic rings. The molecule has 0 bridgehead atoms. The van der Waals surface area contributed by atoms with Crippen molar-refractivity contribution in [1.29, 1.82) is 0 Å². The van der Waals surface area contributed by atoms with Gasteiger partial charge in [-0.25, -0.2) is 13.2 Å². The Morgan fingerprint density at radius 2 is 2.18 bits per heavy atom. The van der Waals surface area contributed by atoms with Crippen molar-refractivity contribution in [3.05, 3.63) is 0 Å². The first-order valence-electron chi connectivity index (χ1n) is 4.76. The van der Waals surface area contributed by atoms with Crippen LogP contribution in [0.1, 0.15) is 0 Å². The highest BCUT2D eigenvalue weighted by atomic mass is 32.2. The highest BCUT2D eigenvalue weighted by Gasteiger charge is 2.34. The lowest BCUT2D eigenvalue weighted by atomic mass is 10.3. The van der Waals surface area contributed by atoms with Crippen LogP contribution in [-0.2, 0) is 29.1 Å². The summed E-state index contributed by atoms with van der Waals surface area (Å²) in [5, 5.41) is 8.71. The first-order valence-corrected chi connectivity index (χ1v) is 6.37. The van der Waals surface area contributed by atoms with Crippen molar-refractivity contribution in [2.75, 3.05) is 32.6 Å². The average Bonchev–Trinajstić information content (AvgIpc) is 2.28. The van der Waals surface area contributed by atoms with Gasteiger partial charge in [0.25, 0.3) is 0 Å². The van der Waals surface area contributed by atoms with Crippen molar-refractivity contribution in [3.63, 3.8) is 0 Å². The fourth-order valence-electron chi connectivity index (χ4n) is 1.33.